The van der Waals surface area contributed by atoms with Gasteiger partial charge in [-0.25, -0.2) is 0 Å². The van der Waals surface area contributed by atoms with E-state index in [2.05, 4.69) is 37.2 Å². The zero-order chi connectivity index (χ0) is 65.8. The highest BCUT2D eigenvalue weighted by atomic mass is 16.5. The number of Topliss-reactive ketones (excluding diaryl/α,β-unsaturated/α-hetero) is 3. The lowest BCUT2D eigenvalue weighted by Gasteiger charge is -2.36. The largest absolute Gasteiger partial charge is 0.465 e. The topological polar surface area (TPSA) is 446 Å². The van der Waals surface area contributed by atoms with Crippen LogP contribution in [0.5, 0.6) is 0 Å². The molecule has 2 fully saturated rings. The number of ether oxygens (including phenoxy) is 1. The molecule has 0 aliphatic carbocycles. The van der Waals surface area contributed by atoms with Crippen molar-refractivity contribution in [2.45, 2.75) is 199 Å². The number of nitrogens with zero attached hydrogens (tertiary/aromatic N) is 1. The second-order valence-electron chi connectivity index (χ2n) is 24.2. The Balaban J connectivity index is 2.06. The zero-order valence-corrected chi connectivity index (χ0v) is 52.4. The monoisotopic (exact) mass is 1240 g/mol. The van der Waals surface area contributed by atoms with Crippen LogP contribution >= 0.6 is 0 Å². The highest BCUT2D eigenvalue weighted by Gasteiger charge is 2.40. The van der Waals surface area contributed by atoms with Gasteiger partial charge in [0.05, 0.1) is 48.1 Å². The number of hydrogen-bond acceptors (Lipinski definition) is 19. The number of nitrogens with two attached hydrogens (primary N) is 4. The minimum absolute atomic E-state index is 0.0582. The molecule has 1 aromatic rings. The molecular weight excluding hydrogens is 1140 g/mol. The van der Waals surface area contributed by atoms with Crippen molar-refractivity contribution in [3.63, 3.8) is 0 Å². The predicted molar refractivity (Wildman–Crippen MR) is 325 cm³/mol. The molecule has 2 aliphatic heterocycles. The SMILES string of the molecule is CCC(C)(C)C(=O)OCCC(=O)N1CCCCC1C(=O)C[C@H](C(=O)N[C@@H](CCN)C(=O)C[C@H]1CCNC(=O)[C@H](C(C)O)NC(=O)[C@H](CCN)CC(=O)[C@H](CCN)NC(=O)[C@H](CC(C)C)NC(=O)[C@@H](Cc2ccccc2)NC(=O)[C@H](CCN)NC1=O)C(C)O. The van der Waals surface area contributed by atoms with Crippen LogP contribution in [0.1, 0.15) is 144 Å². The van der Waals surface area contributed by atoms with E-state index in [4.69, 9.17) is 27.7 Å². The van der Waals surface area contributed by atoms with Crippen molar-refractivity contribution in [2.24, 2.45) is 52.0 Å². The van der Waals surface area contributed by atoms with E-state index in [1.165, 1.54) is 18.7 Å². The maximum atomic E-state index is 14.7. The number of rotatable bonds is 27. The lowest BCUT2D eigenvalue weighted by molar-refractivity contribution is -0.156. The Labute approximate surface area is 516 Å². The number of hydrogen-bond donors (Lipinski definition) is 13. The number of aliphatic hydroxyl groups is 2. The molecule has 17 N–H and O–H groups in total. The first-order valence-corrected chi connectivity index (χ1v) is 31.0. The fourth-order valence-electron chi connectivity index (χ4n) is 10.4. The first-order valence-electron chi connectivity index (χ1n) is 31.0. The summed E-state index contributed by atoms with van der Waals surface area (Å²) in [5.41, 5.74) is 23.6. The summed E-state index contributed by atoms with van der Waals surface area (Å²) in [6.07, 6.45) is -3.73. The summed E-state index contributed by atoms with van der Waals surface area (Å²) in [6, 6.07) is -0.724. The van der Waals surface area contributed by atoms with E-state index in [0.29, 0.717) is 24.8 Å². The Morgan fingerprint density at radius 1 is 0.716 bits per heavy atom. The highest BCUT2D eigenvalue weighted by Crippen LogP contribution is 2.25. The number of ketones is 3. The van der Waals surface area contributed by atoms with Crippen LogP contribution in [0.25, 0.3) is 0 Å². The van der Waals surface area contributed by atoms with Gasteiger partial charge in [0.15, 0.2) is 17.3 Å². The highest BCUT2D eigenvalue weighted by molar-refractivity contribution is 5.99. The van der Waals surface area contributed by atoms with Crippen LogP contribution in [0.2, 0.25) is 0 Å². The van der Waals surface area contributed by atoms with Gasteiger partial charge in [0.2, 0.25) is 47.3 Å². The van der Waals surface area contributed by atoms with Crippen molar-refractivity contribution in [3.05, 3.63) is 35.9 Å². The van der Waals surface area contributed by atoms with Crippen LogP contribution in [0.4, 0.5) is 0 Å². The fourth-order valence-corrected chi connectivity index (χ4v) is 10.4. The average Bonchev–Trinajstić information content (AvgIpc) is 2.68. The van der Waals surface area contributed by atoms with Gasteiger partial charge in [-0.15, -0.1) is 0 Å². The molecule has 0 spiro atoms. The van der Waals surface area contributed by atoms with Gasteiger partial charge in [-0.05, 0) is 130 Å². The second kappa shape index (κ2) is 37.9. The summed E-state index contributed by atoms with van der Waals surface area (Å²) in [5.74, 6) is -13.0. The third kappa shape index (κ3) is 24.3. The van der Waals surface area contributed by atoms with Crippen LogP contribution in [0, 0.1) is 29.1 Å². The van der Waals surface area contributed by atoms with E-state index in [0.717, 1.165) is 0 Å². The van der Waals surface area contributed by atoms with Gasteiger partial charge in [-0.3, -0.25) is 57.5 Å². The van der Waals surface area contributed by atoms with Crippen LogP contribution in [0.15, 0.2) is 30.3 Å². The minimum atomic E-state index is -1.63. The maximum Gasteiger partial charge on any atom is 0.311 e. The van der Waals surface area contributed by atoms with Crippen LogP contribution < -0.4 is 60.2 Å². The third-order valence-corrected chi connectivity index (χ3v) is 16.2. The summed E-state index contributed by atoms with van der Waals surface area (Å²) in [5, 5.41) is 40.3. The first-order chi connectivity index (χ1) is 41.6. The van der Waals surface area contributed by atoms with Gasteiger partial charge >= 0.3 is 5.97 Å². The van der Waals surface area contributed by atoms with Crippen LogP contribution in [0.3, 0.4) is 0 Å². The quantitative estimate of drug-likeness (QED) is 0.0438. The Morgan fingerprint density at radius 3 is 1.91 bits per heavy atom. The molecule has 2 aliphatic rings. The number of aliphatic hydroxyl groups excluding tert-OH is 2. The summed E-state index contributed by atoms with van der Waals surface area (Å²) in [6.45, 7) is 10.6. The Hall–Kier alpha value is -6.78. The Bertz CT molecular complexity index is 2520. The molecule has 0 aromatic heterocycles. The number of likely N-dealkylation sites (tertiary alicyclic amines) is 1. The molecule has 2 heterocycles. The summed E-state index contributed by atoms with van der Waals surface area (Å²) in [4.78, 5) is 170. The normalized spacial score (nSPS) is 24.0. The van der Waals surface area contributed by atoms with E-state index < -0.39 is 168 Å². The molecule has 494 valence electrons. The van der Waals surface area contributed by atoms with E-state index in [-0.39, 0.29) is 110 Å². The Morgan fingerprint density at radius 2 is 1.31 bits per heavy atom. The molecule has 8 amide bonds. The molecule has 3 rings (SSSR count). The van der Waals surface area contributed by atoms with Gasteiger partial charge in [-0.1, -0.05) is 51.1 Å². The molecule has 12 atom stereocenters. The van der Waals surface area contributed by atoms with Gasteiger partial charge in [0, 0.05) is 50.6 Å². The van der Waals surface area contributed by atoms with Gasteiger partial charge in [0.1, 0.15) is 30.8 Å². The number of esters is 1. The second-order valence-corrected chi connectivity index (χ2v) is 24.2. The third-order valence-electron chi connectivity index (χ3n) is 16.2. The van der Waals surface area contributed by atoms with Crippen LogP contribution in [-0.4, -0.2) is 186 Å². The number of benzene rings is 1. The zero-order valence-electron chi connectivity index (χ0n) is 52.4. The summed E-state index contributed by atoms with van der Waals surface area (Å²) in [7, 11) is 0. The van der Waals surface area contributed by atoms with Crippen molar-refractivity contribution in [1.82, 2.24) is 42.1 Å². The van der Waals surface area contributed by atoms with E-state index in [9.17, 15) is 67.7 Å². The smallest absolute Gasteiger partial charge is 0.311 e. The number of amides is 8. The molecule has 1 aromatic carbocycles. The van der Waals surface area contributed by atoms with E-state index >= 15 is 0 Å². The minimum Gasteiger partial charge on any atom is -0.465 e. The number of carbonyl (C=O) groups is 12. The summed E-state index contributed by atoms with van der Waals surface area (Å²) >= 11 is 0. The molecule has 27 nitrogen and oxygen atoms in total. The van der Waals surface area contributed by atoms with Crippen molar-refractivity contribution in [3.8, 4) is 0 Å². The molecule has 0 radical (unpaired) electrons. The molecule has 88 heavy (non-hydrogen) atoms. The lowest BCUT2D eigenvalue weighted by Crippen LogP contribution is -2.59. The predicted octanol–water partition coefficient (Wildman–Crippen LogP) is -1.66. The van der Waals surface area contributed by atoms with Crippen molar-refractivity contribution in [1.29, 1.82) is 0 Å². The van der Waals surface area contributed by atoms with Gasteiger partial charge in [0.25, 0.3) is 0 Å². The Kier molecular flexibility index (Phi) is 32.5. The van der Waals surface area contributed by atoms with Gasteiger partial charge in [-0.2, -0.15) is 0 Å². The standard InChI is InChI=1S/C61H100N12O15/c1-8-61(6,7)60(87)88-29-22-51(79)73-28-13-12-16-47(73)50(78)34-41(36(4)74)55(82)67-42(18-24-63)49(77)33-40-21-27-66-59(86)52(37(5)75)72-54(81)39(17-23-62)32-48(76)43(19-25-64)68-57(84)45(30-35(2)3)70-58(85)46(31-38-14-10-9-11-15-38)71-56(83)44(20-26-65)69-53(40)80/h9-11,14-15,35-37,39-47,52,74-75H,8,12-13,16-34,62-65H2,1-7H3,(H,66,86)(H,67,82)(H,68,84)(H,69,80)(H,70,85)(H,71,83)(H,72,81)/t36?,37?,39-,40-,41+,42+,43+,44+,45+,46-,47?,52+/m1/s1. The van der Waals surface area contributed by atoms with Crippen molar-refractivity contribution < 1.29 is 72.5 Å². The fraction of sp³-hybridized carbons (Fsp3) is 0.705. The van der Waals surface area contributed by atoms with Crippen molar-refractivity contribution >= 4 is 70.6 Å². The van der Waals surface area contributed by atoms with Crippen molar-refractivity contribution in [2.75, 3.05) is 45.9 Å². The first kappa shape index (κ1) is 75.5. The molecule has 2 saturated heterocycles. The van der Waals surface area contributed by atoms with E-state index in [1.54, 1.807) is 58.0 Å². The lowest BCUT2D eigenvalue weighted by atomic mass is 9.88. The number of piperidine rings is 1. The molecular formula is C61H100N12O15. The molecule has 0 saturated carbocycles. The molecule has 0 bridgehead atoms. The summed E-state index contributed by atoms with van der Waals surface area (Å²) < 4.78 is 5.37. The molecule has 3 unspecified atom stereocenters. The molecule has 27 heteroatoms. The number of nitrogens with one attached hydrogen (secondary N) is 7. The maximum absolute atomic E-state index is 14.7. The van der Waals surface area contributed by atoms with Crippen LogP contribution in [-0.2, 0) is 68.7 Å². The van der Waals surface area contributed by atoms with E-state index in [1.807, 2.05) is 6.92 Å². The van der Waals surface area contributed by atoms with Gasteiger partial charge < -0.3 is 80.0 Å². The average molecular weight is 1240 g/mol. The number of carbonyl (C=O) groups excluding carboxylic acids is 12.